The summed E-state index contributed by atoms with van der Waals surface area (Å²) in [4.78, 5) is 11.8. The highest BCUT2D eigenvalue weighted by atomic mass is 16.2. The Morgan fingerprint density at radius 1 is 1.36 bits per heavy atom. The molecule has 2 fully saturated rings. The first-order valence-electron chi connectivity index (χ1n) is 5.61. The van der Waals surface area contributed by atoms with Crippen molar-refractivity contribution < 1.29 is 4.79 Å². The molecular weight excluding hydrogens is 176 g/mol. The summed E-state index contributed by atoms with van der Waals surface area (Å²) in [5, 5.41) is 6.46. The monoisotopic (exact) mass is 196 g/mol. The van der Waals surface area contributed by atoms with E-state index in [1.54, 1.807) is 0 Å². The summed E-state index contributed by atoms with van der Waals surface area (Å²) in [6.45, 7) is 6.41. The van der Waals surface area contributed by atoms with Crippen molar-refractivity contribution in [3.8, 4) is 0 Å². The molecule has 1 amide bonds. The molecule has 0 spiro atoms. The maximum atomic E-state index is 11.8. The van der Waals surface area contributed by atoms with Gasteiger partial charge in [0, 0.05) is 12.0 Å². The summed E-state index contributed by atoms with van der Waals surface area (Å²) >= 11 is 0. The van der Waals surface area contributed by atoms with Gasteiger partial charge in [0.1, 0.15) is 0 Å². The first-order valence-corrected chi connectivity index (χ1v) is 5.61. The standard InChI is InChI=1S/C11H20N2O/c1-11(2)7-9(11)10(14)13-8-3-5-12-6-4-8/h8-9,12H,3-7H2,1-2H3,(H,13,14). The third-order valence-corrected chi connectivity index (χ3v) is 3.52. The molecule has 80 valence electrons. The minimum Gasteiger partial charge on any atom is -0.353 e. The average molecular weight is 196 g/mol. The minimum absolute atomic E-state index is 0.261. The van der Waals surface area contributed by atoms with Gasteiger partial charge >= 0.3 is 0 Å². The van der Waals surface area contributed by atoms with Gasteiger partial charge in [-0.05, 0) is 37.8 Å². The van der Waals surface area contributed by atoms with Gasteiger partial charge in [0.25, 0.3) is 0 Å². The van der Waals surface area contributed by atoms with Crippen LogP contribution in [-0.2, 0) is 4.79 Å². The molecular formula is C11H20N2O. The summed E-state index contributed by atoms with van der Waals surface area (Å²) in [5.41, 5.74) is 0.261. The van der Waals surface area contributed by atoms with Gasteiger partial charge in [0.15, 0.2) is 0 Å². The quantitative estimate of drug-likeness (QED) is 0.689. The first-order chi connectivity index (χ1) is 6.59. The van der Waals surface area contributed by atoms with E-state index < -0.39 is 0 Å². The van der Waals surface area contributed by atoms with Crippen molar-refractivity contribution in [1.29, 1.82) is 0 Å². The molecule has 1 saturated heterocycles. The molecule has 3 nitrogen and oxygen atoms in total. The van der Waals surface area contributed by atoms with E-state index in [1.165, 1.54) is 0 Å². The molecule has 1 saturated carbocycles. The van der Waals surface area contributed by atoms with Gasteiger partial charge in [0.05, 0.1) is 0 Å². The van der Waals surface area contributed by atoms with Crippen LogP contribution in [0, 0.1) is 11.3 Å². The maximum absolute atomic E-state index is 11.8. The Morgan fingerprint density at radius 3 is 2.43 bits per heavy atom. The van der Waals surface area contributed by atoms with E-state index in [9.17, 15) is 4.79 Å². The van der Waals surface area contributed by atoms with Crippen molar-refractivity contribution in [3.05, 3.63) is 0 Å². The van der Waals surface area contributed by atoms with E-state index in [0.717, 1.165) is 32.4 Å². The molecule has 2 rings (SSSR count). The third-order valence-electron chi connectivity index (χ3n) is 3.52. The van der Waals surface area contributed by atoms with Gasteiger partial charge in [-0.15, -0.1) is 0 Å². The van der Waals surface area contributed by atoms with E-state index >= 15 is 0 Å². The Hall–Kier alpha value is -0.570. The van der Waals surface area contributed by atoms with Gasteiger partial charge in [-0.25, -0.2) is 0 Å². The molecule has 1 heterocycles. The normalized spacial score (nSPS) is 31.1. The molecule has 0 aromatic rings. The number of nitrogens with one attached hydrogen (secondary N) is 2. The largest absolute Gasteiger partial charge is 0.353 e. The van der Waals surface area contributed by atoms with Crippen molar-refractivity contribution in [2.45, 2.75) is 39.2 Å². The van der Waals surface area contributed by atoms with E-state index in [2.05, 4.69) is 24.5 Å². The van der Waals surface area contributed by atoms with Crippen LogP contribution >= 0.6 is 0 Å². The van der Waals surface area contributed by atoms with Crippen LogP contribution in [0.5, 0.6) is 0 Å². The lowest BCUT2D eigenvalue weighted by Gasteiger charge is -2.23. The fourth-order valence-electron chi connectivity index (χ4n) is 2.18. The molecule has 2 aliphatic rings. The number of carbonyl (C=O) groups excluding carboxylic acids is 1. The second kappa shape index (κ2) is 3.54. The average Bonchev–Trinajstić information content (AvgIpc) is 2.77. The van der Waals surface area contributed by atoms with Crippen molar-refractivity contribution in [2.24, 2.45) is 11.3 Å². The zero-order valence-corrected chi connectivity index (χ0v) is 9.10. The summed E-state index contributed by atoms with van der Waals surface area (Å²) in [6.07, 6.45) is 3.22. The van der Waals surface area contributed by atoms with E-state index in [0.29, 0.717) is 6.04 Å². The Morgan fingerprint density at radius 2 is 1.93 bits per heavy atom. The smallest absolute Gasteiger partial charge is 0.223 e. The molecule has 1 aliphatic heterocycles. The maximum Gasteiger partial charge on any atom is 0.223 e. The molecule has 0 aromatic carbocycles. The van der Waals surface area contributed by atoms with Crippen molar-refractivity contribution in [1.82, 2.24) is 10.6 Å². The molecule has 0 aromatic heterocycles. The van der Waals surface area contributed by atoms with Gasteiger partial charge < -0.3 is 10.6 Å². The van der Waals surface area contributed by atoms with E-state index in [1.807, 2.05) is 0 Å². The first kappa shape index (κ1) is 9.97. The number of amides is 1. The van der Waals surface area contributed by atoms with Gasteiger partial charge in [-0.2, -0.15) is 0 Å². The Kier molecular flexibility index (Phi) is 2.52. The summed E-state index contributed by atoms with van der Waals surface area (Å²) in [5.74, 6) is 0.555. The molecule has 1 aliphatic carbocycles. The predicted octanol–water partition coefficient (Wildman–Crippen LogP) is 0.901. The number of carbonyl (C=O) groups is 1. The van der Waals surface area contributed by atoms with Crippen LogP contribution < -0.4 is 10.6 Å². The van der Waals surface area contributed by atoms with Gasteiger partial charge in [0.2, 0.25) is 5.91 Å². The highest BCUT2D eigenvalue weighted by Gasteiger charge is 2.50. The molecule has 2 N–H and O–H groups in total. The lowest BCUT2D eigenvalue weighted by Crippen LogP contribution is -2.43. The summed E-state index contributed by atoms with van der Waals surface area (Å²) < 4.78 is 0. The van der Waals surface area contributed by atoms with Crippen LogP contribution in [0.15, 0.2) is 0 Å². The zero-order chi connectivity index (χ0) is 10.2. The number of rotatable bonds is 2. The Bertz CT molecular complexity index is 231. The highest BCUT2D eigenvalue weighted by molar-refractivity contribution is 5.82. The minimum atomic E-state index is 0.261. The van der Waals surface area contributed by atoms with Crippen molar-refractivity contribution >= 4 is 5.91 Å². The topological polar surface area (TPSA) is 41.1 Å². The van der Waals surface area contributed by atoms with Gasteiger partial charge in [-0.1, -0.05) is 13.8 Å². The molecule has 1 unspecified atom stereocenters. The molecule has 3 heteroatoms. The number of piperidine rings is 1. The SMILES string of the molecule is CC1(C)CC1C(=O)NC1CCNCC1. The zero-order valence-electron chi connectivity index (χ0n) is 9.10. The fraction of sp³-hybridized carbons (Fsp3) is 0.909. The number of hydrogen-bond acceptors (Lipinski definition) is 2. The second-order valence-corrected chi connectivity index (χ2v) is 5.28. The lowest BCUT2D eigenvalue weighted by molar-refractivity contribution is -0.123. The van der Waals surface area contributed by atoms with E-state index in [-0.39, 0.29) is 17.2 Å². The Balaban J connectivity index is 1.77. The Labute approximate surface area is 85.6 Å². The van der Waals surface area contributed by atoms with Crippen LogP contribution in [0.4, 0.5) is 0 Å². The fourth-order valence-corrected chi connectivity index (χ4v) is 2.18. The van der Waals surface area contributed by atoms with Gasteiger partial charge in [-0.3, -0.25) is 4.79 Å². The van der Waals surface area contributed by atoms with Crippen molar-refractivity contribution in [3.63, 3.8) is 0 Å². The van der Waals surface area contributed by atoms with E-state index in [4.69, 9.17) is 0 Å². The lowest BCUT2D eigenvalue weighted by atomic mass is 10.1. The van der Waals surface area contributed by atoms with Crippen LogP contribution in [-0.4, -0.2) is 25.0 Å². The highest BCUT2D eigenvalue weighted by Crippen LogP contribution is 2.51. The van der Waals surface area contributed by atoms with Crippen molar-refractivity contribution in [2.75, 3.05) is 13.1 Å². The molecule has 0 bridgehead atoms. The molecule has 1 atom stereocenters. The van der Waals surface area contributed by atoms with Crippen LogP contribution in [0.1, 0.15) is 33.1 Å². The van der Waals surface area contributed by atoms with Crippen LogP contribution in [0.3, 0.4) is 0 Å². The second-order valence-electron chi connectivity index (χ2n) is 5.28. The van der Waals surface area contributed by atoms with Crippen LogP contribution in [0.25, 0.3) is 0 Å². The summed E-state index contributed by atoms with van der Waals surface area (Å²) in [6, 6.07) is 0.417. The van der Waals surface area contributed by atoms with Crippen LogP contribution in [0.2, 0.25) is 0 Å². The third kappa shape index (κ3) is 2.08. The summed E-state index contributed by atoms with van der Waals surface area (Å²) in [7, 11) is 0. The molecule has 14 heavy (non-hydrogen) atoms. The number of hydrogen-bond donors (Lipinski definition) is 2. The predicted molar refractivity (Wildman–Crippen MR) is 55.9 cm³/mol. The molecule has 0 radical (unpaired) electrons.